The van der Waals surface area contributed by atoms with Crippen molar-refractivity contribution in [2.24, 2.45) is 0 Å². The van der Waals surface area contributed by atoms with Crippen LogP contribution >= 0.6 is 11.8 Å². The van der Waals surface area contributed by atoms with E-state index >= 15 is 0 Å². The maximum absolute atomic E-state index is 13.0. The topological polar surface area (TPSA) is 37.4 Å². The van der Waals surface area contributed by atoms with E-state index in [-0.39, 0.29) is 23.5 Å². The van der Waals surface area contributed by atoms with Gasteiger partial charge in [-0.2, -0.15) is 0 Å². The van der Waals surface area contributed by atoms with E-state index in [1.807, 2.05) is 32.0 Å². The van der Waals surface area contributed by atoms with Crippen molar-refractivity contribution in [1.82, 2.24) is 4.90 Å². The minimum atomic E-state index is -0.338. The highest BCUT2D eigenvalue weighted by molar-refractivity contribution is 8.18. The number of nitrogens with zero attached hydrogens (tertiary/aromatic N) is 1. The molecule has 1 heterocycles. The molecular weight excluding hydrogens is 325 g/mol. The number of hydrogen-bond acceptors (Lipinski definition) is 3. The van der Waals surface area contributed by atoms with Gasteiger partial charge in [0.05, 0.1) is 11.4 Å². The molecular formula is C19H16FNO2S. The highest BCUT2D eigenvalue weighted by Crippen LogP contribution is 2.33. The fourth-order valence-corrected chi connectivity index (χ4v) is 3.53. The van der Waals surface area contributed by atoms with E-state index in [9.17, 15) is 14.0 Å². The number of halogens is 1. The number of benzene rings is 2. The number of rotatable bonds is 3. The Labute approximate surface area is 144 Å². The Bertz CT molecular complexity index is 823. The zero-order valence-corrected chi connectivity index (χ0v) is 14.2. The molecule has 1 fully saturated rings. The maximum Gasteiger partial charge on any atom is 0.293 e. The van der Waals surface area contributed by atoms with E-state index in [1.54, 1.807) is 18.2 Å². The molecule has 3 rings (SSSR count). The van der Waals surface area contributed by atoms with E-state index in [0.29, 0.717) is 10.5 Å². The molecule has 0 spiro atoms. The molecule has 0 saturated carbocycles. The first-order valence-electron chi connectivity index (χ1n) is 7.50. The number of amides is 2. The summed E-state index contributed by atoms with van der Waals surface area (Å²) >= 11 is 0.913. The first-order valence-corrected chi connectivity index (χ1v) is 8.32. The Balaban J connectivity index is 1.82. The highest BCUT2D eigenvalue weighted by Gasteiger charge is 2.34. The standard InChI is InChI=1S/C19H16FNO2S/c1-12-7-13(2)9-15(8-12)11-21-18(22)17(24-19(21)23)10-14-3-5-16(20)6-4-14/h3-10H,11H2,1-2H3. The van der Waals surface area contributed by atoms with Crippen molar-refractivity contribution >= 4 is 29.0 Å². The normalized spacial score (nSPS) is 16.3. The van der Waals surface area contributed by atoms with Gasteiger partial charge in [-0.15, -0.1) is 0 Å². The molecule has 1 aliphatic heterocycles. The van der Waals surface area contributed by atoms with Crippen LogP contribution in [0.25, 0.3) is 6.08 Å². The largest absolute Gasteiger partial charge is 0.293 e. The lowest BCUT2D eigenvalue weighted by Crippen LogP contribution is -2.27. The molecule has 24 heavy (non-hydrogen) atoms. The number of carbonyl (C=O) groups is 2. The fraction of sp³-hybridized carbons (Fsp3) is 0.158. The maximum atomic E-state index is 13.0. The molecule has 1 saturated heterocycles. The van der Waals surface area contributed by atoms with Gasteiger partial charge in [0.2, 0.25) is 0 Å². The lowest BCUT2D eigenvalue weighted by Gasteiger charge is -2.13. The van der Waals surface area contributed by atoms with Gasteiger partial charge in [0.25, 0.3) is 11.1 Å². The minimum absolute atomic E-state index is 0.258. The van der Waals surface area contributed by atoms with E-state index in [0.717, 1.165) is 28.5 Å². The molecule has 5 heteroatoms. The van der Waals surface area contributed by atoms with Crippen LogP contribution in [0.5, 0.6) is 0 Å². The molecule has 0 aromatic heterocycles. The molecule has 0 N–H and O–H groups in total. The summed E-state index contributed by atoms with van der Waals surface area (Å²) in [4.78, 5) is 26.3. The Hall–Kier alpha value is -2.40. The predicted molar refractivity (Wildman–Crippen MR) is 93.8 cm³/mol. The Kier molecular flexibility index (Phi) is 4.53. The van der Waals surface area contributed by atoms with Crippen molar-refractivity contribution < 1.29 is 14.0 Å². The molecule has 3 nitrogen and oxygen atoms in total. The van der Waals surface area contributed by atoms with Crippen LogP contribution in [0, 0.1) is 19.7 Å². The van der Waals surface area contributed by atoms with Crippen molar-refractivity contribution in [3.05, 3.63) is 75.4 Å². The molecule has 122 valence electrons. The third kappa shape index (κ3) is 3.57. The summed E-state index contributed by atoms with van der Waals surface area (Å²) in [6.45, 7) is 4.23. The van der Waals surface area contributed by atoms with Crippen LogP contribution < -0.4 is 0 Å². The molecule has 2 amide bonds. The van der Waals surface area contributed by atoms with Crippen LogP contribution in [0.2, 0.25) is 0 Å². The Morgan fingerprint density at radius 2 is 1.67 bits per heavy atom. The van der Waals surface area contributed by atoms with Gasteiger partial charge in [-0.3, -0.25) is 14.5 Å². The molecule has 0 bridgehead atoms. The van der Waals surface area contributed by atoms with Gasteiger partial charge in [0.1, 0.15) is 5.82 Å². The zero-order valence-electron chi connectivity index (χ0n) is 13.4. The van der Waals surface area contributed by atoms with Gasteiger partial charge in [0.15, 0.2) is 0 Å². The van der Waals surface area contributed by atoms with Crippen LogP contribution in [0.1, 0.15) is 22.3 Å². The quantitative estimate of drug-likeness (QED) is 0.761. The van der Waals surface area contributed by atoms with Gasteiger partial charge in [-0.05, 0) is 54.9 Å². The van der Waals surface area contributed by atoms with Crippen LogP contribution in [-0.4, -0.2) is 16.0 Å². The lowest BCUT2D eigenvalue weighted by molar-refractivity contribution is -0.123. The Morgan fingerprint density at radius 3 is 2.29 bits per heavy atom. The Morgan fingerprint density at radius 1 is 1.04 bits per heavy atom. The third-order valence-corrected chi connectivity index (χ3v) is 4.57. The average molecular weight is 341 g/mol. The van der Waals surface area contributed by atoms with Crippen molar-refractivity contribution in [3.63, 3.8) is 0 Å². The second kappa shape index (κ2) is 6.61. The summed E-state index contributed by atoms with van der Waals surface area (Å²) in [7, 11) is 0. The van der Waals surface area contributed by atoms with Gasteiger partial charge in [0, 0.05) is 0 Å². The second-order valence-electron chi connectivity index (χ2n) is 5.82. The van der Waals surface area contributed by atoms with Gasteiger partial charge >= 0.3 is 0 Å². The van der Waals surface area contributed by atoms with Crippen molar-refractivity contribution in [1.29, 1.82) is 0 Å². The summed E-state index contributed by atoms with van der Waals surface area (Å²) in [6.07, 6.45) is 1.62. The van der Waals surface area contributed by atoms with Crippen LogP contribution in [-0.2, 0) is 11.3 Å². The molecule has 0 radical (unpaired) electrons. The fourth-order valence-electron chi connectivity index (χ4n) is 2.69. The van der Waals surface area contributed by atoms with Crippen LogP contribution in [0.4, 0.5) is 9.18 Å². The second-order valence-corrected chi connectivity index (χ2v) is 6.81. The first-order chi connectivity index (χ1) is 11.4. The summed E-state index contributed by atoms with van der Waals surface area (Å²) in [5.74, 6) is -0.649. The predicted octanol–water partition coefficient (Wildman–Crippen LogP) is 4.68. The van der Waals surface area contributed by atoms with Crippen molar-refractivity contribution in [2.45, 2.75) is 20.4 Å². The van der Waals surface area contributed by atoms with E-state index in [4.69, 9.17) is 0 Å². The van der Waals surface area contributed by atoms with Gasteiger partial charge in [-0.25, -0.2) is 4.39 Å². The van der Waals surface area contributed by atoms with Crippen LogP contribution in [0.3, 0.4) is 0 Å². The van der Waals surface area contributed by atoms with Crippen LogP contribution in [0.15, 0.2) is 47.4 Å². The van der Waals surface area contributed by atoms with Gasteiger partial charge < -0.3 is 0 Å². The minimum Gasteiger partial charge on any atom is -0.268 e. The first kappa shape index (κ1) is 16.5. The van der Waals surface area contributed by atoms with E-state index in [1.165, 1.54) is 17.0 Å². The van der Waals surface area contributed by atoms with Gasteiger partial charge in [-0.1, -0.05) is 41.5 Å². The SMILES string of the molecule is Cc1cc(C)cc(CN2C(=O)SC(=Cc3ccc(F)cc3)C2=O)c1. The summed E-state index contributed by atoms with van der Waals surface area (Å²) in [5, 5.41) is -0.285. The number of carbonyl (C=O) groups excluding carboxylic acids is 2. The monoisotopic (exact) mass is 341 g/mol. The number of hydrogen-bond donors (Lipinski definition) is 0. The summed E-state index contributed by atoms with van der Waals surface area (Å²) in [5.41, 5.74) is 3.81. The molecule has 1 aliphatic rings. The molecule has 2 aromatic carbocycles. The summed E-state index contributed by atoms with van der Waals surface area (Å²) < 4.78 is 13.0. The zero-order chi connectivity index (χ0) is 17.3. The lowest BCUT2D eigenvalue weighted by atomic mass is 10.1. The molecule has 0 aliphatic carbocycles. The third-order valence-electron chi connectivity index (χ3n) is 3.66. The smallest absolute Gasteiger partial charge is 0.268 e. The number of aryl methyl sites for hydroxylation is 2. The molecule has 2 aromatic rings. The molecule has 0 atom stereocenters. The van der Waals surface area contributed by atoms with Crippen molar-refractivity contribution in [3.8, 4) is 0 Å². The average Bonchev–Trinajstić information content (AvgIpc) is 2.76. The van der Waals surface area contributed by atoms with E-state index < -0.39 is 0 Å². The highest BCUT2D eigenvalue weighted by atomic mass is 32.2. The molecule has 0 unspecified atom stereocenters. The number of imide groups is 1. The van der Waals surface area contributed by atoms with E-state index in [2.05, 4.69) is 0 Å². The number of thioether (sulfide) groups is 1. The summed E-state index contributed by atoms with van der Waals surface area (Å²) in [6, 6.07) is 11.8. The van der Waals surface area contributed by atoms with Crippen molar-refractivity contribution in [2.75, 3.05) is 0 Å².